The molecule has 2 rings (SSSR count). The van der Waals surface area contributed by atoms with E-state index < -0.39 is 5.97 Å². The molecule has 106 valence electrons. The second-order valence-electron chi connectivity index (χ2n) is 3.86. The highest BCUT2D eigenvalue weighted by Gasteiger charge is 2.16. The average molecular weight is 515 g/mol. The Morgan fingerprint density at radius 2 is 2.15 bits per heavy atom. The van der Waals surface area contributed by atoms with Crippen molar-refractivity contribution >= 4 is 66.1 Å². The fraction of sp³-hybridized carbons (Fsp3) is 0.154. The quantitative estimate of drug-likeness (QED) is 0.470. The van der Waals surface area contributed by atoms with E-state index in [9.17, 15) is 4.79 Å². The molecule has 0 aliphatic carbocycles. The van der Waals surface area contributed by atoms with Crippen LogP contribution in [0.25, 0.3) is 0 Å². The van der Waals surface area contributed by atoms with Crippen molar-refractivity contribution in [2.24, 2.45) is 0 Å². The number of ether oxygens (including phenoxy) is 1. The molecule has 0 atom stereocenters. The van der Waals surface area contributed by atoms with Gasteiger partial charge in [0.15, 0.2) is 3.77 Å². The molecule has 1 heterocycles. The minimum absolute atomic E-state index is 0.400. The number of halogens is 3. The summed E-state index contributed by atoms with van der Waals surface area (Å²) in [6.45, 7) is 0.479. The lowest BCUT2D eigenvalue weighted by Gasteiger charge is -2.12. The zero-order chi connectivity index (χ0) is 14.7. The Morgan fingerprint density at radius 3 is 2.75 bits per heavy atom. The summed E-state index contributed by atoms with van der Waals surface area (Å²) in [6, 6.07) is 7.35. The van der Waals surface area contributed by atoms with E-state index in [0.29, 0.717) is 17.8 Å². The SMILES string of the molecule is COC(=O)c1cc(Br)cc(Br)c1NCc1ccc(I)o1. The molecule has 1 aromatic carbocycles. The number of furan rings is 1. The van der Waals surface area contributed by atoms with Gasteiger partial charge in [-0.2, -0.15) is 0 Å². The monoisotopic (exact) mass is 513 g/mol. The largest absolute Gasteiger partial charge is 0.465 e. The molecule has 1 aromatic heterocycles. The second kappa shape index (κ2) is 6.95. The van der Waals surface area contributed by atoms with Gasteiger partial charge in [0.05, 0.1) is 24.9 Å². The number of rotatable bonds is 4. The Morgan fingerprint density at radius 1 is 1.40 bits per heavy atom. The van der Waals surface area contributed by atoms with Gasteiger partial charge >= 0.3 is 5.97 Å². The van der Waals surface area contributed by atoms with Crippen molar-refractivity contribution in [3.63, 3.8) is 0 Å². The lowest BCUT2D eigenvalue weighted by molar-refractivity contribution is 0.0601. The summed E-state index contributed by atoms with van der Waals surface area (Å²) in [5, 5.41) is 3.19. The minimum atomic E-state index is -0.400. The Kier molecular flexibility index (Phi) is 5.50. The number of hydrogen-bond donors (Lipinski definition) is 1. The molecular weight excluding hydrogens is 505 g/mol. The van der Waals surface area contributed by atoms with Crippen molar-refractivity contribution in [1.82, 2.24) is 0 Å². The summed E-state index contributed by atoms with van der Waals surface area (Å²) in [5.41, 5.74) is 1.13. The molecule has 0 spiro atoms. The van der Waals surface area contributed by atoms with Gasteiger partial charge in [-0.3, -0.25) is 0 Å². The molecule has 4 nitrogen and oxygen atoms in total. The number of anilines is 1. The lowest BCUT2D eigenvalue weighted by atomic mass is 10.2. The third-order valence-electron chi connectivity index (χ3n) is 2.53. The Labute approximate surface area is 146 Å². The summed E-state index contributed by atoms with van der Waals surface area (Å²) in [6.07, 6.45) is 0. The number of esters is 1. The maximum Gasteiger partial charge on any atom is 0.340 e. The van der Waals surface area contributed by atoms with Gasteiger partial charge in [0, 0.05) is 8.95 Å². The molecular formula is C13H10Br2INO3. The number of hydrogen-bond acceptors (Lipinski definition) is 4. The minimum Gasteiger partial charge on any atom is -0.465 e. The van der Waals surface area contributed by atoms with Crippen molar-refractivity contribution in [2.75, 3.05) is 12.4 Å². The Bertz CT molecular complexity index is 643. The molecule has 0 radical (unpaired) electrons. The van der Waals surface area contributed by atoms with Crippen LogP contribution in [0.15, 0.2) is 37.6 Å². The first-order valence-electron chi connectivity index (χ1n) is 5.56. The molecule has 0 aliphatic heterocycles. The molecule has 0 bridgehead atoms. The Balaban J connectivity index is 2.27. The first-order chi connectivity index (χ1) is 9.51. The molecule has 20 heavy (non-hydrogen) atoms. The van der Waals surface area contributed by atoms with Crippen LogP contribution in [0.3, 0.4) is 0 Å². The van der Waals surface area contributed by atoms with Gasteiger partial charge in [-0.25, -0.2) is 4.79 Å². The fourth-order valence-electron chi connectivity index (χ4n) is 1.65. The maximum atomic E-state index is 11.8. The summed E-state index contributed by atoms with van der Waals surface area (Å²) in [4.78, 5) is 11.8. The maximum absolute atomic E-state index is 11.8. The molecule has 2 aromatic rings. The van der Waals surface area contributed by atoms with Gasteiger partial charge in [-0.15, -0.1) is 0 Å². The third-order valence-corrected chi connectivity index (χ3v) is 4.19. The highest BCUT2D eigenvalue weighted by Crippen LogP contribution is 2.31. The topological polar surface area (TPSA) is 51.5 Å². The van der Waals surface area contributed by atoms with E-state index in [1.807, 2.05) is 18.2 Å². The molecule has 0 aliphatic rings. The van der Waals surface area contributed by atoms with Crippen LogP contribution in [0.2, 0.25) is 0 Å². The van der Waals surface area contributed by atoms with E-state index in [-0.39, 0.29) is 0 Å². The number of nitrogens with one attached hydrogen (secondary N) is 1. The summed E-state index contributed by atoms with van der Waals surface area (Å²) in [7, 11) is 1.36. The summed E-state index contributed by atoms with van der Waals surface area (Å²) >= 11 is 8.91. The fourth-order valence-corrected chi connectivity index (χ4v) is 3.47. The normalized spacial score (nSPS) is 10.4. The van der Waals surface area contributed by atoms with Crippen LogP contribution in [0.5, 0.6) is 0 Å². The number of carbonyl (C=O) groups is 1. The van der Waals surface area contributed by atoms with Gasteiger partial charge < -0.3 is 14.5 Å². The smallest absolute Gasteiger partial charge is 0.340 e. The van der Waals surface area contributed by atoms with E-state index in [0.717, 1.165) is 18.5 Å². The van der Waals surface area contributed by atoms with Crippen LogP contribution in [-0.4, -0.2) is 13.1 Å². The van der Waals surface area contributed by atoms with E-state index in [1.54, 1.807) is 6.07 Å². The molecule has 0 amide bonds. The standard InChI is InChI=1S/C13H10Br2INO3/c1-19-13(18)9-4-7(14)5-10(15)12(9)17-6-8-2-3-11(16)20-8/h2-5,17H,6H2,1H3. The van der Waals surface area contributed by atoms with Gasteiger partial charge in [-0.1, -0.05) is 15.9 Å². The van der Waals surface area contributed by atoms with Crippen LogP contribution < -0.4 is 5.32 Å². The molecule has 0 saturated carbocycles. The van der Waals surface area contributed by atoms with Gasteiger partial charge in [0.2, 0.25) is 0 Å². The van der Waals surface area contributed by atoms with Crippen LogP contribution >= 0.6 is 54.5 Å². The summed E-state index contributed by atoms with van der Waals surface area (Å²) in [5.74, 6) is 0.392. The first kappa shape index (κ1) is 15.8. The molecule has 1 N–H and O–H groups in total. The predicted octanol–water partition coefficient (Wildman–Crippen LogP) is 4.81. The van der Waals surface area contributed by atoms with Crippen molar-refractivity contribution in [1.29, 1.82) is 0 Å². The van der Waals surface area contributed by atoms with Crippen molar-refractivity contribution in [2.45, 2.75) is 6.54 Å². The number of benzene rings is 1. The summed E-state index contributed by atoms with van der Waals surface area (Å²) < 4.78 is 12.7. The molecule has 7 heteroatoms. The van der Waals surface area contributed by atoms with Gasteiger partial charge in [-0.05, 0) is 62.8 Å². The molecule has 0 fully saturated rings. The van der Waals surface area contributed by atoms with Crippen LogP contribution in [0.4, 0.5) is 5.69 Å². The van der Waals surface area contributed by atoms with Crippen LogP contribution in [0, 0.1) is 3.77 Å². The van der Waals surface area contributed by atoms with Gasteiger partial charge in [0.25, 0.3) is 0 Å². The van der Waals surface area contributed by atoms with Crippen molar-refractivity contribution < 1.29 is 13.9 Å². The van der Waals surface area contributed by atoms with Crippen molar-refractivity contribution in [3.05, 3.63) is 48.3 Å². The number of carbonyl (C=O) groups excluding carboxylic acids is 1. The van der Waals surface area contributed by atoms with E-state index in [4.69, 9.17) is 9.15 Å². The van der Waals surface area contributed by atoms with Crippen LogP contribution in [0.1, 0.15) is 16.1 Å². The van der Waals surface area contributed by atoms with Crippen LogP contribution in [-0.2, 0) is 11.3 Å². The van der Waals surface area contributed by atoms with E-state index in [1.165, 1.54) is 7.11 Å². The molecule has 0 saturated heterocycles. The number of methoxy groups -OCH3 is 1. The third kappa shape index (κ3) is 3.76. The Hall–Kier alpha value is -0.540. The zero-order valence-corrected chi connectivity index (χ0v) is 15.7. The highest BCUT2D eigenvalue weighted by molar-refractivity contribution is 14.1. The second-order valence-corrected chi connectivity index (χ2v) is 6.69. The first-order valence-corrected chi connectivity index (χ1v) is 8.23. The van der Waals surface area contributed by atoms with E-state index >= 15 is 0 Å². The molecule has 0 unspecified atom stereocenters. The van der Waals surface area contributed by atoms with Gasteiger partial charge in [0.1, 0.15) is 5.76 Å². The zero-order valence-electron chi connectivity index (χ0n) is 10.4. The van der Waals surface area contributed by atoms with E-state index in [2.05, 4.69) is 59.8 Å². The lowest BCUT2D eigenvalue weighted by Crippen LogP contribution is -2.09. The van der Waals surface area contributed by atoms with Crippen molar-refractivity contribution in [3.8, 4) is 0 Å². The average Bonchev–Trinajstić information content (AvgIpc) is 2.81. The predicted molar refractivity (Wildman–Crippen MR) is 91.9 cm³/mol. The highest BCUT2D eigenvalue weighted by atomic mass is 127.